The predicted octanol–water partition coefficient (Wildman–Crippen LogP) is 1.32. The molecule has 2 rings (SSSR count). The van der Waals surface area contributed by atoms with Gasteiger partial charge in [0.05, 0.1) is 0 Å². The third-order valence-electron chi connectivity index (χ3n) is 3.15. The van der Waals surface area contributed by atoms with Gasteiger partial charge in [-0.2, -0.15) is 0 Å². The summed E-state index contributed by atoms with van der Waals surface area (Å²) < 4.78 is 0. The van der Waals surface area contributed by atoms with Crippen molar-refractivity contribution >= 4 is 34.3 Å². The highest BCUT2D eigenvalue weighted by Gasteiger charge is 2.27. The van der Waals surface area contributed by atoms with Gasteiger partial charge in [-0.15, -0.1) is 10.2 Å². The van der Waals surface area contributed by atoms with Gasteiger partial charge in [-0.05, 0) is 6.42 Å². The molecule has 8 nitrogen and oxygen atoms in total. The molecule has 1 aliphatic rings. The highest BCUT2D eigenvalue weighted by atomic mass is 32.1. The normalized spacial score (nSPS) is 14.8. The molecule has 0 radical (unpaired) electrons. The number of imide groups is 1. The van der Waals surface area contributed by atoms with E-state index in [4.69, 9.17) is 0 Å². The number of aromatic nitrogens is 2. The predicted molar refractivity (Wildman–Crippen MR) is 81.6 cm³/mol. The van der Waals surface area contributed by atoms with E-state index in [9.17, 15) is 14.4 Å². The first-order chi connectivity index (χ1) is 10.5. The summed E-state index contributed by atoms with van der Waals surface area (Å²) in [5, 5.41) is 14.5. The van der Waals surface area contributed by atoms with Gasteiger partial charge in [0.15, 0.2) is 0 Å². The Morgan fingerprint density at radius 1 is 1.27 bits per heavy atom. The maximum absolute atomic E-state index is 11.7. The molecule has 1 aromatic heterocycles. The van der Waals surface area contributed by atoms with Gasteiger partial charge >= 0.3 is 6.03 Å². The van der Waals surface area contributed by atoms with Crippen molar-refractivity contribution in [2.24, 2.45) is 0 Å². The lowest BCUT2D eigenvalue weighted by Crippen LogP contribution is -2.34. The number of hydrogen-bond acceptors (Lipinski definition) is 6. The fourth-order valence-electron chi connectivity index (χ4n) is 1.97. The van der Waals surface area contributed by atoms with Gasteiger partial charge in [0, 0.05) is 31.8 Å². The highest BCUT2D eigenvalue weighted by Crippen LogP contribution is 2.22. The number of rotatable bonds is 6. The second-order valence-corrected chi connectivity index (χ2v) is 6.28. The number of nitrogens with one attached hydrogen (secondary N) is 2. The Bertz CT molecular complexity index is 556. The minimum Gasteiger partial charge on any atom is -0.338 e. The van der Waals surface area contributed by atoms with Crippen molar-refractivity contribution in [1.29, 1.82) is 0 Å². The van der Waals surface area contributed by atoms with Crippen LogP contribution in [0.1, 0.15) is 44.0 Å². The summed E-state index contributed by atoms with van der Waals surface area (Å²) in [5.74, 6) is 0.000647. The molecule has 2 N–H and O–H groups in total. The lowest BCUT2D eigenvalue weighted by Gasteiger charge is -2.13. The molecule has 0 atom stereocenters. The molecule has 22 heavy (non-hydrogen) atoms. The summed E-state index contributed by atoms with van der Waals surface area (Å²) >= 11 is 1.34. The molecule has 0 aromatic carbocycles. The van der Waals surface area contributed by atoms with Crippen molar-refractivity contribution in [3.8, 4) is 0 Å². The monoisotopic (exact) mass is 325 g/mol. The van der Waals surface area contributed by atoms with E-state index in [-0.39, 0.29) is 23.8 Å². The first-order valence-corrected chi connectivity index (χ1v) is 8.00. The Morgan fingerprint density at radius 3 is 2.55 bits per heavy atom. The van der Waals surface area contributed by atoms with Crippen LogP contribution in [0.25, 0.3) is 0 Å². The van der Waals surface area contributed by atoms with Crippen LogP contribution in [0.3, 0.4) is 0 Å². The second-order valence-electron chi connectivity index (χ2n) is 5.27. The van der Waals surface area contributed by atoms with Gasteiger partial charge in [-0.3, -0.25) is 19.8 Å². The molecule has 0 aliphatic carbocycles. The van der Waals surface area contributed by atoms with Crippen LogP contribution in [0.15, 0.2) is 0 Å². The van der Waals surface area contributed by atoms with Crippen LogP contribution in [0.4, 0.5) is 9.93 Å². The van der Waals surface area contributed by atoms with Gasteiger partial charge in [-0.1, -0.05) is 25.2 Å². The lowest BCUT2D eigenvalue weighted by molar-refractivity contribution is -0.138. The number of anilines is 1. The molecule has 2 heterocycles. The standard InChI is InChI=1S/C13H19N5O3S/c1-8(2)11-16-17-13(22-11)15-12(21)14-6-3-7-18-9(19)4-5-10(18)20/h8H,3-7H2,1-2H3,(H2,14,15,17,21). The zero-order valence-electron chi connectivity index (χ0n) is 12.6. The third kappa shape index (κ3) is 4.23. The number of hydrogen-bond donors (Lipinski definition) is 2. The fraction of sp³-hybridized carbons (Fsp3) is 0.615. The molecule has 0 unspecified atom stereocenters. The highest BCUT2D eigenvalue weighted by molar-refractivity contribution is 7.15. The van der Waals surface area contributed by atoms with E-state index in [1.165, 1.54) is 16.2 Å². The van der Waals surface area contributed by atoms with Gasteiger partial charge < -0.3 is 5.32 Å². The van der Waals surface area contributed by atoms with E-state index < -0.39 is 0 Å². The molecule has 1 fully saturated rings. The minimum atomic E-state index is -0.370. The number of carbonyl (C=O) groups is 3. The summed E-state index contributed by atoms with van der Waals surface area (Å²) in [7, 11) is 0. The first-order valence-electron chi connectivity index (χ1n) is 7.19. The van der Waals surface area contributed by atoms with E-state index in [2.05, 4.69) is 20.8 Å². The quantitative estimate of drug-likeness (QED) is 0.606. The Morgan fingerprint density at radius 2 is 1.95 bits per heavy atom. The van der Waals surface area contributed by atoms with E-state index in [1.807, 2.05) is 13.8 Å². The Hall–Kier alpha value is -2.03. The zero-order valence-corrected chi connectivity index (χ0v) is 13.4. The molecule has 1 aliphatic heterocycles. The number of carbonyl (C=O) groups excluding carboxylic acids is 3. The smallest absolute Gasteiger partial charge is 0.321 e. The first kappa shape index (κ1) is 16.3. The Balaban J connectivity index is 1.67. The van der Waals surface area contributed by atoms with Gasteiger partial charge in [0.25, 0.3) is 0 Å². The summed E-state index contributed by atoms with van der Waals surface area (Å²) in [6.45, 7) is 4.73. The number of likely N-dealkylation sites (tertiary alicyclic amines) is 1. The van der Waals surface area contributed by atoms with E-state index in [0.717, 1.165) is 5.01 Å². The van der Waals surface area contributed by atoms with Crippen LogP contribution in [-0.2, 0) is 9.59 Å². The summed E-state index contributed by atoms with van der Waals surface area (Å²) in [5.41, 5.74) is 0. The summed E-state index contributed by atoms with van der Waals surface area (Å²) in [4.78, 5) is 35.7. The van der Waals surface area contributed by atoms with E-state index >= 15 is 0 Å². The van der Waals surface area contributed by atoms with Crippen LogP contribution in [-0.4, -0.2) is 46.0 Å². The lowest BCUT2D eigenvalue weighted by atomic mass is 10.2. The Labute approximate surface area is 132 Å². The summed E-state index contributed by atoms with van der Waals surface area (Å²) in [6, 6.07) is -0.370. The van der Waals surface area contributed by atoms with Crippen molar-refractivity contribution in [3.63, 3.8) is 0 Å². The molecule has 1 saturated heterocycles. The van der Waals surface area contributed by atoms with Crippen LogP contribution in [0, 0.1) is 0 Å². The van der Waals surface area contributed by atoms with Crippen LogP contribution >= 0.6 is 11.3 Å². The van der Waals surface area contributed by atoms with Crippen LogP contribution < -0.4 is 10.6 Å². The maximum atomic E-state index is 11.7. The van der Waals surface area contributed by atoms with Gasteiger partial charge in [0.1, 0.15) is 5.01 Å². The minimum absolute atomic E-state index is 0.135. The van der Waals surface area contributed by atoms with Crippen molar-refractivity contribution < 1.29 is 14.4 Å². The van der Waals surface area contributed by atoms with E-state index in [1.54, 1.807) is 0 Å². The molecule has 0 bridgehead atoms. The maximum Gasteiger partial charge on any atom is 0.321 e. The van der Waals surface area contributed by atoms with Gasteiger partial charge in [0.2, 0.25) is 16.9 Å². The molecule has 120 valence electrons. The molecule has 1 aromatic rings. The van der Waals surface area contributed by atoms with Crippen molar-refractivity contribution in [2.45, 2.75) is 39.0 Å². The average molecular weight is 325 g/mol. The zero-order chi connectivity index (χ0) is 16.1. The molecular formula is C13H19N5O3S. The van der Waals surface area contributed by atoms with Crippen molar-refractivity contribution in [3.05, 3.63) is 5.01 Å². The van der Waals surface area contributed by atoms with Crippen LogP contribution in [0.5, 0.6) is 0 Å². The van der Waals surface area contributed by atoms with E-state index in [0.29, 0.717) is 37.5 Å². The molecule has 4 amide bonds. The molecule has 9 heteroatoms. The largest absolute Gasteiger partial charge is 0.338 e. The third-order valence-corrected chi connectivity index (χ3v) is 4.29. The molecule has 0 saturated carbocycles. The SMILES string of the molecule is CC(C)c1nnc(NC(=O)NCCCN2C(=O)CCC2=O)s1. The topological polar surface area (TPSA) is 104 Å². The molecular weight excluding hydrogens is 306 g/mol. The number of nitrogens with zero attached hydrogens (tertiary/aromatic N) is 3. The van der Waals surface area contributed by atoms with Crippen LogP contribution in [0.2, 0.25) is 0 Å². The average Bonchev–Trinajstić information content (AvgIpc) is 3.04. The summed E-state index contributed by atoms with van der Waals surface area (Å²) in [6.07, 6.45) is 1.11. The number of amides is 4. The van der Waals surface area contributed by atoms with Gasteiger partial charge in [-0.25, -0.2) is 4.79 Å². The second kappa shape index (κ2) is 7.30. The van der Waals surface area contributed by atoms with Crippen molar-refractivity contribution in [2.75, 3.05) is 18.4 Å². The molecule has 0 spiro atoms. The van der Waals surface area contributed by atoms with Crippen molar-refractivity contribution in [1.82, 2.24) is 20.4 Å². The number of urea groups is 1. The Kier molecular flexibility index (Phi) is 5.42. The fourth-order valence-corrected chi connectivity index (χ4v) is 2.71.